The predicted molar refractivity (Wildman–Crippen MR) is 86.5 cm³/mol. The molecule has 0 aromatic carbocycles. The van der Waals surface area contributed by atoms with Gasteiger partial charge in [-0.15, -0.1) is 4.28 Å². The Morgan fingerprint density at radius 3 is 2.46 bits per heavy atom. The number of carboxylic acid groups (broad SMARTS) is 1. The zero-order valence-corrected chi connectivity index (χ0v) is 15.6. The van der Waals surface area contributed by atoms with Gasteiger partial charge in [0, 0.05) is 6.54 Å². The van der Waals surface area contributed by atoms with E-state index in [1.54, 1.807) is 20.8 Å². The topological polar surface area (TPSA) is 157 Å². The number of aliphatic carboxylic acids is 1. The Balaban J connectivity index is 2.10. The third-order valence-electron chi connectivity index (χ3n) is 4.13. The Hall–Kier alpha value is -1.92. The normalized spacial score (nSPS) is 24.7. The smallest absolute Gasteiger partial charge is 0.422 e. The molecule has 2 aliphatic rings. The van der Waals surface area contributed by atoms with Crippen LogP contribution in [0, 0.1) is 5.41 Å². The minimum atomic E-state index is -4.81. The number of hydrogen-bond acceptors (Lipinski definition) is 7. The van der Waals surface area contributed by atoms with Crippen LogP contribution in [-0.4, -0.2) is 66.1 Å². The highest BCUT2D eigenvalue weighted by Crippen LogP contribution is 2.31. The quantitative estimate of drug-likeness (QED) is 0.603. The van der Waals surface area contributed by atoms with E-state index in [1.807, 2.05) is 0 Å². The maximum atomic E-state index is 12.3. The first-order chi connectivity index (χ1) is 11.8. The molecule has 2 bridgehead atoms. The second kappa shape index (κ2) is 7.00. The number of nitrogens with zero attached hydrogens (tertiary/aromatic N) is 2. The summed E-state index contributed by atoms with van der Waals surface area (Å²) in [5, 5.41) is 9.78. The SMILES string of the molecule is CC(C)(C)CC(OS(=O)(=O)ON1C(=O)N2C[C@H]1CC[C@H]2C(N)=O)C(=O)O. The first kappa shape index (κ1) is 20.4. The van der Waals surface area contributed by atoms with Crippen LogP contribution in [-0.2, 0) is 28.5 Å². The number of carbonyl (C=O) groups is 3. The molecule has 2 fully saturated rings. The number of fused-ring (bicyclic) bond motifs is 2. The van der Waals surface area contributed by atoms with Crippen molar-refractivity contribution in [1.82, 2.24) is 9.96 Å². The van der Waals surface area contributed by atoms with Gasteiger partial charge in [0.15, 0.2) is 6.10 Å². The van der Waals surface area contributed by atoms with E-state index in [-0.39, 0.29) is 19.4 Å². The molecule has 0 radical (unpaired) electrons. The van der Waals surface area contributed by atoms with Crippen molar-refractivity contribution in [3.63, 3.8) is 0 Å². The van der Waals surface area contributed by atoms with Crippen molar-refractivity contribution in [3.8, 4) is 0 Å². The van der Waals surface area contributed by atoms with Crippen molar-refractivity contribution < 1.29 is 36.4 Å². The van der Waals surface area contributed by atoms with E-state index >= 15 is 0 Å². The molecular formula is C14H23N3O8S. The van der Waals surface area contributed by atoms with E-state index in [0.29, 0.717) is 11.5 Å². The van der Waals surface area contributed by atoms with Crippen LogP contribution in [0.1, 0.15) is 40.0 Å². The summed E-state index contributed by atoms with van der Waals surface area (Å²) < 4.78 is 33.6. The van der Waals surface area contributed by atoms with Gasteiger partial charge in [-0.1, -0.05) is 20.8 Å². The molecule has 3 amide bonds. The first-order valence-electron chi connectivity index (χ1n) is 8.05. The molecule has 148 valence electrons. The molecule has 2 saturated heterocycles. The summed E-state index contributed by atoms with van der Waals surface area (Å²) in [4.78, 5) is 36.1. The second-order valence-electron chi connectivity index (χ2n) is 7.58. The number of amides is 3. The lowest BCUT2D eigenvalue weighted by Gasteiger charge is -2.27. The summed E-state index contributed by atoms with van der Waals surface area (Å²) in [5.41, 5.74) is 4.73. The number of hydrogen-bond donors (Lipinski definition) is 2. The summed E-state index contributed by atoms with van der Waals surface area (Å²) in [6.45, 7) is 5.27. The minimum absolute atomic E-state index is 0.0851. The molecule has 0 aliphatic carbocycles. The highest BCUT2D eigenvalue weighted by molar-refractivity contribution is 7.81. The van der Waals surface area contributed by atoms with Crippen molar-refractivity contribution in [3.05, 3.63) is 0 Å². The van der Waals surface area contributed by atoms with Crippen LogP contribution < -0.4 is 5.73 Å². The van der Waals surface area contributed by atoms with E-state index in [9.17, 15) is 27.9 Å². The van der Waals surface area contributed by atoms with Crippen molar-refractivity contribution in [2.75, 3.05) is 6.54 Å². The van der Waals surface area contributed by atoms with Crippen LogP contribution in [0.4, 0.5) is 4.79 Å². The molecule has 11 nitrogen and oxygen atoms in total. The van der Waals surface area contributed by atoms with Crippen LogP contribution in [0.25, 0.3) is 0 Å². The molecule has 2 heterocycles. The molecule has 0 saturated carbocycles. The summed E-state index contributed by atoms with van der Waals surface area (Å²) in [6.07, 6.45) is -1.14. The first-order valence-corrected chi connectivity index (χ1v) is 9.39. The molecule has 0 spiro atoms. The Morgan fingerprint density at radius 2 is 1.96 bits per heavy atom. The lowest BCUT2D eigenvalue weighted by molar-refractivity contribution is -0.147. The summed E-state index contributed by atoms with van der Waals surface area (Å²) in [7, 11) is -4.81. The lowest BCUT2D eigenvalue weighted by atomic mass is 9.89. The zero-order chi connectivity index (χ0) is 19.9. The average Bonchev–Trinajstić information content (AvgIpc) is 2.69. The Morgan fingerprint density at radius 1 is 1.35 bits per heavy atom. The Bertz CT molecular complexity index is 701. The van der Waals surface area contributed by atoms with Gasteiger partial charge in [-0.05, 0) is 24.7 Å². The van der Waals surface area contributed by atoms with Gasteiger partial charge in [0.1, 0.15) is 6.04 Å². The number of nitrogens with two attached hydrogens (primary N) is 1. The third kappa shape index (κ3) is 4.62. The number of urea groups is 1. The molecule has 0 aromatic heterocycles. The van der Waals surface area contributed by atoms with Gasteiger partial charge in [-0.2, -0.15) is 13.5 Å². The number of primary amides is 1. The molecule has 1 unspecified atom stereocenters. The molecule has 3 atom stereocenters. The number of rotatable bonds is 7. The lowest BCUT2D eigenvalue weighted by Crippen LogP contribution is -2.47. The van der Waals surface area contributed by atoms with E-state index in [4.69, 9.17) is 10.0 Å². The summed E-state index contributed by atoms with van der Waals surface area (Å²) >= 11 is 0. The van der Waals surface area contributed by atoms with Crippen LogP contribution in [0.2, 0.25) is 0 Å². The van der Waals surface area contributed by atoms with Crippen LogP contribution in [0.5, 0.6) is 0 Å². The molecule has 2 aliphatic heterocycles. The summed E-state index contributed by atoms with van der Waals surface area (Å²) in [5.74, 6) is -2.15. The Labute approximate surface area is 151 Å². The van der Waals surface area contributed by atoms with Gasteiger partial charge in [0.05, 0.1) is 6.04 Å². The van der Waals surface area contributed by atoms with Gasteiger partial charge in [0.25, 0.3) is 0 Å². The van der Waals surface area contributed by atoms with Crippen LogP contribution >= 0.6 is 0 Å². The highest BCUT2D eigenvalue weighted by atomic mass is 32.3. The van der Waals surface area contributed by atoms with Gasteiger partial charge in [-0.3, -0.25) is 4.79 Å². The molecule has 12 heteroatoms. The van der Waals surface area contributed by atoms with Gasteiger partial charge >= 0.3 is 22.4 Å². The zero-order valence-electron chi connectivity index (χ0n) is 14.7. The molecule has 0 aromatic rings. The minimum Gasteiger partial charge on any atom is -0.479 e. The van der Waals surface area contributed by atoms with E-state index < -0.39 is 51.9 Å². The number of piperidine rings is 1. The Kier molecular flexibility index (Phi) is 5.49. The van der Waals surface area contributed by atoms with Crippen LogP contribution in [0.15, 0.2) is 0 Å². The van der Waals surface area contributed by atoms with Gasteiger partial charge in [0.2, 0.25) is 5.91 Å². The van der Waals surface area contributed by atoms with Crippen molar-refractivity contribution in [1.29, 1.82) is 0 Å². The standard InChI is InChI=1S/C14H23N3O8S/c1-14(2,3)6-10(12(19)20)24-26(22,23)25-17-8-4-5-9(11(15)18)16(7-8)13(17)21/h8-10H,4-7H2,1-3H3,(H2,15,18)(H,19,20)/t8-,9+,10?/m1/s1. The average molecular weight is 393 g/mol. The number of carbonyl (C=O) groups excluding carboxylic acids is 2. The number of carboxylic acids is 1. The largest absolute Gasteiger partial charge is 0.479 e. The van der Waals surface area contributed by atoms with E-state index in [2.05, 4.69) is 4.18 Å². The number of hydroxylamine groups is 2. The third-order valence-corrected chi connectivity index (χ3v) is 4.94. The molecule has 26 heavy (non-hydrogen) atoms. The van der Waals surface area contributed by atoms with E-state index in [1.165, 1.54) is 0 Å². The predicted octanol–water partition coefficient (Wildman–Crippen LogP) is -0.177. The maximum Gasteiger partial charge on any atom is 0.422 e. The fraction of sp³-hybridized carbons (Fsp3) is 0.786. The fourth-order valence-electron chi connectivity index (χ4n) is 3.00. The molecular weight excluding hydrogens is 370 g/mol. The highest BCUT2D eigenvalue weighted by Gasteiger charge is 2.49. The summed E-state index contributed by atoms with van der Waals surface area (Å²) in [6, 6.07) is -2.25. The second-order valence-corrected chi connectivity index (χ2v) is 8.74. The maximum absolute atomic E-state index is 12.3. The van der Waals surface area contributed by atoms with Crippen molar-refractivity contribution in [2.45, 2.75) is 58.2 Å². The van der Waals surface area contributed by atoms with Gasteiger partial charge in [-0.25, -0.2) is 13.8 Å². The van der Waals surface area contributed by atoms with Gasteiger partial charge < -0.3 is 15.7 Å². The van der Waals surface area contributed by atoms with Crippen molar-refractivity contribution in [2.24, 2.45) is 11.1 Å². The molecule has 2 rings (SSSR count). The fourth-order valence-corrected chi connectivity index (χ4v) is 3.85. The van der Waals surface area contributed by atoms with E-state index in [0.717, 1.165) is 4.90 Å². The molecule has 3 N–H and O–H groups in total. The van der Waals surface area contributed by atoms with Crippen LogP contribution in [0.3, 0.4) is 0 Å². The monoisotopic (exact) mass is 393 g/mol. The van der Waals surface area contributed by atoms with Crippen molar-refractivity contribution >= 4 is 28.3 Å².